The van der Waals surface area contributed by atoms with Crippen LogP contribution < -0.4 is 10.6 Å². The largest absolute Gasteiger partial charge is 0.349 e. The number of rotatable bonds is 12. The Labute approximate surface area is 213 Å². The average Bonchev–Trinajstić information content (AvgIpc) is 3.27. The summed E-state index contributed by atoms with van der Waals surface area (Å²) in [6.07, 6.45) is 0.740. The predicted molar refractivity (Wildman–Crippen MR) is 139 cm³/mol. The van der Waals surface area contributed by atoms with Gasteiger partial charge in [-0.25, -0.2) is 4.39 Å². The van der Waals surface area contributed by atoms with E-state index in [1.54, 1.807) is 23.9 Å². The van der Waals surface area contributed by atoms with Crippen LogP contribution in [0.2, 0.25) is 0 Å². The molecule has 1 aromatic heterocycles. The molecule has 0 bridgehead atoms. The summed E-state index contributed by atoms with van der Waals surface area (Å²) in [6.45, 7) is 2.83. The van der Waals surface area contributed by atoms with Crippen LogP contribution in [0.3, 0.4) is 0 Å². The molecule has 0 fully saturated rings. The van der Waals surface area contributed by atoms with E-state index in [-0.39, 0.29) is 36.5 Å². The second-order valence-corrected chi connectivity index (χ2v) is 10.6. The highest BCUT2D eigenvalue weighted by atomic mass is 32.2. The van der Waals surface area contributed by atoms with Crippen LogP contribution in [0.1, 0.15) is 42.0 Å². The smallest absolute Gasteiger partial charge is 0.226 e. The molecule has 2 amide bonds. The van der Waals surface area contributed by atoms with Gasteiger partial charge in [0, 0.05) is 18.6 Å². The van der Waals surface area contributed by atoms with Crippen LogP contribution in [0.5, 0.6) is 0 Å². The molecule has 10 heteroatoms. The summed E-state index contributed by atoms with van der Waals surface area (Å²) in [7, 11) is 3.90. The third kappa shape index (κ3) is 9.04. The van der Waals surface area contributed by atoms with Gasteiger partial charge in [0.2, 0.25) is 16.9 Å². The van der Waals surface area contributed by atoms with Crippen molar-refractivity contribution in [3.8, 4) is 0 Å². The normalized spacial score (nSPS) is 11.9. The minimum atomic E-state index is -0.323. The molecule has 0 saturated carbocycles. The highest BCUT2D eigenvalue weighted by Crippen LogP contribution is 2.29. The lowest BCUT2D eigenvalue weighted by Crippen LogP contribution is -2.31. The van der Waals surface area contributed by atoms with Crippen molar-refractivity contribution in [3.63, 3.8) is 0 Å². The fraction of sp³-hybridized carbons (Fsp3) is 0.360. The fourth-order valence-electron chi connectivity index (χ4n) is 3.31. The van der Waals surface area contributed by atoms with Crippen molar-refractivity contribution in [3.05, 3.63) is 71.0 Å². The maximum atomic E-state index is 13.3. The van der Waals surface area contributed by atoms with Crippen LogP contribution in [0.4, 0.5) is 9.52 Å². The summed E-state index contributed by atoms with van der Waals surface area (Å²) in [6, 6.07) is 14.0. The highest BCUT2D eigenvalue weighted by Gasteiger charge is 2.17. The van der Waals surface area contributed by atoms with Gasteiger partial charge in [-0.2, -0.15) is 0 Å². The lowest BCUT2D eigenvalue weighted by atomic mass is 10.0. The number of carbonyl (C=O) groups is 2. The highest BCUT2D eigenvalue weighted by molar-refractivity contribution is 8.00. The van der Waals surface area contributed by atoms with Crippen molar-refractivity contribution in [2.45, 2.75) is 42.3 Å². The first kappa shape index (κ1) is 26.8. The van der Waals surface area contributed by atoms with Crippen LogP contribution in [-0.2, 0) is 15.3 Å². The van der Waals surface area contributed by atoms with E-state index in [2.05, 4.69) is 39.9 Å². The van der Waals surface area contributed by atoms with Crippen molar-refractivity contribution in [2.75, 3.05) is 26.0 Å². The molecule has 1 unspecified atom stereocenters. The van der Waals surface area contributed by atoms with E-state index in [4.69, 9.17) is 0 Å². The number of aromatic nitrogens is 2. The summed E-state index contributed by atoms with van der Waals surface area (Å²) < 4.78 is 14.1. The maximum Gasteiger partial charge on any atom is 0.226 e. The molecular weight excluding hydrogens is 485 g/mol. The number of nitrogens with one attached hydrogen (secondary N) is 2. The molecule has 0 radical (unpaired) electrons. The zero-order valence-electron chi connectivity index (χ0n) is 20.1. The molecule has 0 aliphatic rings. The van der Waals surface area contributed by atoms with Crippen molar-refractivity contribution >= 4 is 40.0 Å². The number of carbonyl (C=O) groups excluding carboxylic acids is 2. The first-order valence-electron chi connectivity index (χ1n) is 11.3. The van der Waals surface area contributed by atoms with E-state index in [1.807, 2.05) is 31.1 Å². The topological polar surface area (TPSA) is 87.2 Å². The van der Waals surface area contributed by atoms with E-state index >= 15 is 0 Å². The van der Waals surface area contributed by atoms with Gasteiger partial charge in [0.05, 0.1) is 6.04 Å². The minimum absolute atomic E-state index is 0.0287. The van der Waals surface area contributed by atoms with E-state index < -0.39 is 0 Å². The number of hydrogen-bond donors (Lipinski definition) is 2. The SMILES string of the molecule is Cc1ccccc1CSc1nnc(NC(=O)CCC(=O)NC(CCN(C)C)c2ccc(F)cc2)s1. The molecule has 0 spiro atoms. The molecule has 7 nitrogen and oxygen atoms in total. The molecule has 3 rings (SSSR count). The third-order valence-electron chi connectivity index (χ3n) is 5.32. The average molecular weight is 516 g/mol. The molecular formula is C25H30FN5O2S2. The lowest BCUT2D eigenvalue weighted by molar-refractivity contribution is -0.125. The first-order chi connectivity index (χ1) is 16.8. The number of halogens is 1. The van der Waals surface area contributed by atoms with Gasteiger partial charge in [-0.05, 0) is 62.8 Å². The van der Waals surface area contributed by atoms with Gasteiger partial charge in [-0.3, -0.25) is 9.59 Å². The lowest BCUT2D eigenvalue weighted by Gasteiger charge is -2.21. The molecule has 1 atom stereocenters. The summed E-state index contributed by atoms with van der Waals surface area (Å²) in [5.41, 5.74) is 3.28. The van der Waals surface area contributed by atoms with Crippen LogP contribution in [0.25, 0.3) is 0 Å². The number of nitrogens with zero attached hydrogens (tertiary/aromatic N) is 3. The van der Waals surface area contributed by atoms with Crippen molar-refractivity contribution in [1.29, 1.82) is 0 Å². The Balaban J connectivity index is 1.46. The molecule has 35 heavy (non-hydrogen) atoms. The van der Waals surface area contributed by atoms with E-state index in [9.17, 15) is 14.0 Å². The zero-order chi connectivity index (χ0) is 25.2. The van der Waals surface area contributed by atoms with Crippen LogP contribution in [-0.4, -0.2) is 47.6 Å². The third-order valence-corrected chi connectivity index (χ3v) is 7.34. The molecule has 2 aromatic carbocycles. The van der Waals surface area contributed by atoms with Crippen LogP contribution >= 0.6 is 23.1 Å². The van der Waals surface area contributed by atoms with Gasteiger partial charge in [0.25, 0.3) is 0 Å². The summed E-state index contributed by atoms with van der Waals surface area (Å²) in [5.74, 6) is -0.0757. The first-order valence-corrected chi connectivity index (χ1v) is 13.1. The number of anilines is 1. The van der Waals surface area contributed by atoms with Gasteiger partial charge in [-0.1, -0.05) is 59.5 Å². The van der Waals surface area contributed by atoms with Gasteiger partial charge in [0.1, 0.15) is 5.82 Å². The quantitative estimate of drug-likeness (QED) is 0.266. The Morgan fingerprint density at radius 2 is 1.77 bits per heavy atom. The number of amides is 2. The Kier molecular flexibility index (Phi) is 10.2. The van der Waals surface area contributed by atoms with Crippen molar-refractivity contribution in [1.82, 2.24) is 20.4 Å². The summed E-state index contributed by atoms with van der Waals surface area (Å²) >= 11 is 2.88. The standard InChI is InChI=1S/C25H30FN5O2S2/c1-17-6-4-5-7-19(17)16-34-25-30-29-24(35-25)28-23(33)13-12-22(32)27-21(14-15-31(2)3)18-8-10-20(26)11-9-18/h4-11,21H,12-16H2,1-3H3,(H,27,32)(H,28,29,33). The second kappa shape index (κ2) is 13.3. The Morgan fingerprint density at radius 3 is 2.49 bits per heavy atom. The molecule has 0 aliphatic carbocycles. The summed E-state index contributed by atoms with van der Waals surface area (Å²) in [4.78, 5) is 26.9. The number of aryl methyl sites for hydroxylation is 1. The molecule has 2 N–H and O–H groups in total. The van der Waals surface area contributed by atoms with Gasteiger partial charge in [-0.15, -0.1) is 10.2 Å². The maximum absolute atomic E-state index is 13.3. The number of benzene rings is 2. The number of hydrogen-bond acceptors (Lipinski definition) is 7. The molecule has 0 aliphatic heterocycles. The molecule has 3 aromatic rings. The zero-order valence-corrected chi connectivity index (χ0v) is 21.7. The van der Waals surface area contributed by atoms with E-state index in [1.165, 1.54) is 34.6 Å². The predicted octanol–water partition coefficient (Wildman–Crippen LogP) is 4.81. The minimum Gasteiger partial charge on any atom is -0.349 e. The summed E-state index contributed by atoms with van der Waals surface area (Å²) in [5, 5.41) is 14.3. The van der Waals surface area contributed by atoms with Gasteiger partial charge in [0.15, 0.2) is 4.34 Å². The van der Waals surface area contributed by atoms with Crippen LogP contribution in [0, 0.1) is 12.7 Å². The fourth-order valence-corrected chi connectivity index (χ4v) is 5.15. The van der Waals surface area contributed by atoms with E-state index in [0.29, 0.717) is 11.6 Å². The van der Waals surface area contributed by atoms with Crippen molar-refractivity contribution in [2.24, 2.45) is 0 Å². The van der Waals surface area contributed by atoms with Crippen LogP contribution in [0.15, 0.2) is 52.9 Å². The van der Waals surface area contributed by atoms with Gasteiger partial charge < -0.3 is 15.5 Å². The Morgan fingerprint density at radius 1 is 1.06 bits per heavy atom. The molecule has 0 saturated heterocycles. The molecule has 186 valence electrons. The monoisotopic (exact) mass is 515 g/mol. The van der Waals surface area contributed by atoms with Crippen molar-refractivity contribution < 1.29 is 14.0 Å². The van der Waals surface area contributed by atoms with Gasteiger partial charge >= 0.3 is 0 Å². The van der Waals surface area contributed by atoms with E-state index in [0.717, 1.165) is 22.2 Å². The second-order valence-electron chi connectivity index (χ2n) is 8.40. The number of thioether (sulfide) groups is 1. The Hall–Kier alpha value is -2.82. The Bertz CT molecular complexity index is 1120. The molecule has 1 heterocycles.